The van der Waals surface area contributed by atoms with Gasteiger partial charge in [0.1, 0.15) is 18.0 Å². The molecular weight excluding hydrogens is 307 g/mol. The van der Waals surface area contributed by atoms with Crippen LogP contribution in [0.5, 0.6) is 5.75 Å². The zero-order chi connectivity index (χ0) is 13.7. The highest BCUT2D eigenvalue weighted by Gasteiger charge is 2.18. The molecular formula is C12H12BrFO4. The molecule has 0 unspecified atom stereocenters. The summed E-state index contributed by atoms with van der Waals surface area (Å²) in [5.41, 5.74) is -0.192. The Hall–Kier alpha value is -1.43. The molecule has 0 aliphatic heterocycles. The summed E-state index contributed by atoms with van der Waals surface area (Å²) < 4.78 is 23.6. The Morgan fingerprint density at radius 2 is 2.06 bits per heavy atom. The van der Waals surface area contributed by atoms with Crippen LogP contribution in [0.1, 0.15) is 23.7 Å². The van der Waals surface area contributed by atoms with Gasteiger partial charge in [0.2, 0.25) is 0 Å². The number of methoxy groups -OCH3 is 1. The number of rotatable bonds is 5. The number of carbonyl (C=O) groups is 2. The normalized spacial score (nSPS) is 10.0. The molecule has 6 heteroatoms. The summed E-state index contributed by atoms with van der Waals surface area (Å²) in [6.07, 6.45) is -0.491. The van der Waals surface area contributed by atoms with Gasteiger partial charge in [-0.15, -0.1) is 0 Å². The van der Waals surface area contributed by atoms with Crippen molar-refractivity contribution in [2.45, 2.75) is 13.3 Å². The SMILES string of the molecule is CCOC(=O)CC(=O)c1cc(OC)c(Br)cc1F. The van der Waals surface area contributed by atoms with Crippen LogP contribution >= 0.6 is 15.9 Å². The van der Waals surface area contributed by atoms with Crippen molar-refractivity contribution in [2.75, 3.05) is 13.7 Å². The number of halogens is 2. The predicted octanol–water partition coefficient (Wildman–Crippen LogP) is 2.73. The van der Waals surface area contributed by atoms with E-state index in [9.17, 15) is 14.0 Å². The molecule has 1 aromatic carbocycles. The van der Waals surface area contributed by atoms with Crippen molar-refractivity contribution in [3.8, 4) is 5.75 Å². The average Bonchev–Trinajstić information content (AvgIpc) is 2.29. The van der Waals surface area contributed by atoms with Crippen LogP contribution in [-0.2, 0) is 9.53 Å². The number of benzene rings is 1. The Morgan fingerprint density at radius 3 is 2.61 bits per heavy atom. The van der Waals surface area contributed by atoms with Crippen LogP contribution in [0.15, 0.2) is 16.6 Å². The van der Waals surface area contributed by atoms with Crippen LogP contribution in [0.3, 0.4) is 0 Å². The van der Waals surface area contributed by atoms with Gasteiger partial charge in [-0.05, 0) is 35.0 Å². The van der Waals surface area contributed by atoms with Crippen LogP contribution < -0.4 is 4.74 Å². The molecule has 18 heavy (non-hydrogen) atoms. The van der Waals surface area contributed by atoms with Crippen molar-refractivity contribution in [2.24, 2.45) is 0 Å². The van der Waals surface area contributed by atoms with Gasteiger partial charge in [0.25, 0.3) is 0 Å². The number of ether oxygens (including phenoxy) is 2. The summed E-state index contributed by atoms with van der Waals surface area (Å²) >= 11 is 3.10. The zero-order valence-electron chi connectivity index (χ0n) is 9.96. The summed E-state index contributed by atoms with van der Waals surface area (Å²) in [4.78, 5) is 22.9. The van der Waals surface area contributed by atoms with Crippen LogP contribution in [0, 0.1) is 5.82 Å². The molecule has 0 aliphatic carbocycles. The molecule has 0 aromatic heterocycles. The Bertz CT molecular complexity index is 473. The van der Waals surface area contributed by atoms with E-state index >= 15 is 0 Å². The number of esters is 1. The quantitative estimate of drug-likeness (QED) is 0.476. The minimum Gasteiger partial charge on any atom is -0.496 e. The third-order valence-corrected chi connectivity index (χ3v) is 2.77. The van der Waals surface area contributed by atoms with Gasteiger partial charge in [0.15, 0.2) is 5.78 Å². The van der Waals surface area contributed by atoms with Gasteiger partial charge in [-0.3, -0.25) is 9.59 Å². The monoisotopic (exact) mass is 318 g/mol. The van der Waals surface area contributed by atoms with E-state index in [4.69, 9.17) is 4.74 Å². The molecule has 0 bridgehead atoms. The van der Waals surface area contributed by atoms with Gasteiger partial charge >= 0.3 is 5.97 Å². The molecule has 0 atom stereocenters. The lowest BCUT2D eigenvalue weighted by Crippen LogP contribution is -2.12. The Balaban J connectivity index is 2.95. The van der Waals surface area contributed by atoms with Crippen molar-refractivity contribution in [3.63, 3.8) is 0 Å². The second-order valence-electron chi connectivity index (χ2n) is 3.37. The summed E-state index contributed by atoms with van der Waals surface area (Å²) in [6, 6.07) is 2.37. The summed E-state index contributed by atoms with van der Waals surface area (Å²) in [5.74, 6) is -1.71. The number of ketones is 1. The van der Waals surface area contributed by atoms with Gasteiger partial charge in [-0.2, -0.15) is 0 Å². The van der Waals surface area contributed by atoms with Crippen LogP contribution in [0.25, 0.3) is 0 Å². The molecule has 0 heterocycles. The summed E-state index contributed by atoms with van der Waals surface area (Å²) in [5, 5.41) is 0. The van der Waals surface area contributed by atoms with Crippen molar-refractivity contribution in [1.29, 1.82) is 0 Å². The first kappa shape index (κ1) is 14.6. The lowest BCUT2D eigenvalue weighted by atomic mass is 10.1. The van der Waals surface area contributed by atoms with Gasteiger partial charge < -0.3 is 9.47 Å². The molecule has 0 radical (unpaired) electrons. The second-order valence-corrected chi connectivity index (χ2v) is 4.23. The zero-order valence-corrected chi connectivity index (χ0v) is 11.5. The van der Waals surface area contributed by atoms with Crippen molar-refractivity contribution >= 4 is 27.7 Å². The van der Waals surface area contributed by atoms with E-state index in [2.05, 4.69) is 20.7 Å². The lowest BCUT2D eigenvalue weighted by molar-refractivity contribution is -0.141. The molecule has 0 fully saturated rings. The Labute approximate surface area is 112 Å². The largest absolute Gasteiger partial charge is 0.496 e. The predicted molar refractivity (Wildman–Crippen MR) is 66.2 cm³/mol. The smallest absolute Gasteiger partial charge is 0.313 e. The number of carbonyl (C=O) groups excluding carboxylic acids is 2. The van der Waals surface area contributed by atoms with Gasteiger partial charge in [-0.25, -0.2) is 4.39 Å². The molecule has 1 aromatic rings. The highest BCUT2D eigenvalue weighted by Crippen LogP contribution is 2.28. The van der Waals surface area contributed by atoms with Gasteiger partial charge in [-0.1, -0.05) is 0 Å². The maximum absolute atomic E-state index is 13.6. The Kier molecular flexibility index (Phi) is 5.27. The molecule has 0 saturated carbocycles. The highest BCUT2D eigenvalue weighted by atomic mass is 79.9. The Morgan fingerprint density at radius 1 is 1.39 bits per heavy atom. The summed E-state index contributed by atoms with van der Waals surface area (Å²) in [6.45, 7) is 1.81. The molecule has 0 spiro atoms. The van der Waals surface area contributed by atoms with Gasteiger partial charge in [0.05, 0.1) is 23.8 Å². The van der Waals surface area contributed by atoms with Crippen molar-refractivity contribution in [1.82, 2.24) is 0 Å². The minimum absolute atomic E-state index is 0.179. The fourth-order valence-electron chi connectivity index (χ4n) is 1.34. The van der Waals surface area contributed by atoms with E-state index in [-0.39, 0.29) is 12.2 Å². The van der Waals surface area contributed by atoms with Crippen LogP contribution in [0.4, 0.5) is 4.39 Å². The minimum atomic E-state index is -0.711. The van der Waals surface area contributed by atoms with E-state index in [1.807, 2.05) is 0 Å². The number of Topliss-reactive ketones (excluding diaryl/α,β-unsaturated/α-hetero) is 1. The standard InChI is InChI=1S/C12H12BrFO4/c1-3-18-12(16)6-10(15)7-4-11(17-2)8(13)5-9(7)14/h4-5H,3,6H2,1-2H3. The first-order valence-corrected chi connectivity index (χ1v) is 6.00. The molecule has 4 nitrogen and oxygen atoms in total. The first-order valence-electron chi connectivity index (χ1n) is 5.21. The first-order chi connectivity index (χ1) is 8.49. The maximum atomic E-state index is 13.6. The number of hydrogen-bond donors (Lipinski definition) is 0. The average molecular weight is 319 g/mol. The molecule has 98 valence electrons. The van der Waals surface area contributed by atoms with Crippen molar-refractivity contribution in [3.05, 3.63) is 28.0 Å². The highest BCUT2D eigenvalue weighted by molar-refractivity contribution is 9.10. The molecule has 0 amide bonds. The molecule has 0 N–H and O–H groups in total. The third-order valence-electron chi connectivity index (χ3n) is 2.15. The summed E-state index contributed by atoms with van der Waals surface area (Å²) in [7, 11) is 1.40. The lowest BCUT2D eigenvalue weighted by Gasteiger charge is -2.07. The van der Waals surface area contributed by atoms with Crippen LogP contribution in [-0.4, -0.2) is 25.5 Å². The topological polar surface area (TPSA) is 52.6 Å². The van der Waals surface area contributed by atoms with Gasteiger partial charge in [0, 0.05) is 0 Å². The van der Waals surface area contributed by atoms with E-state index in [1.54, 1.807) is 6.92 Å². The van der Waals surface area contributed by atoms with E-state index in [1.165, 1.54) is 13.2 Å². The number of hydrogen-bond acceptors (Lipinski definition) is 4. The molecule has 1 rings (SSSR count). The fourth-order valence-corrected chi connectivity index (χ4v) is 1.81. The molecule has 0 aliphatic rings. The van der Waals surface area contributed by atoms with Crippen LogP contribution in [0.2, 0.25) is 0 Å². The molecule has 0 saturated heterocycles. The second kappa shape index (κ2) is 6.49. The van der Waals surface area contributed by atoms with E-state index in [0.29, 0.717) is 10.2 Å². The van der Waals surface area contributed by atoms with E-state index < -0.39 is 24.0 Å². The van der Waals surface area contributed by atoms with Crippen molar-refractivity contribution < 1.29 is 23.5 Å². The fraction of sp³-hybridized carbons (Fsp3) is 0.333. The van der Waals surface area contributed by atoms with E-state index in [0.717, 1.165) is 6.07 Å². The third kappa shape index (κ3) is 3.53. The maximum Gasteiger partial charge on any atom is 0.313 e.